The molecule has 0 bridgehead atoms. The van der Waals surface area contributed by atoms with Crippen molar-refractivity contribution in [3.63, 3.8) is 0 Å². The number of carbonyl (C=O) groups excluding carboxylic acids is 1. The fourth-order valence-electron chi connectivity index (χ4n) is 3.65. The van der Waals surface area contributed by atoms with Gasteiger partial charge in [0.05, 0.1) is 0 Å². The van der Waals surface area contributed by atoms with E-state index in [1.807, 2.05) is 18.7 Å². The third-order valence-electron chi connectivity index (χ3n) is 5.03. The first-order chi connectivity index (χ1) is 7.73. The first kappa shape index (κ1) is 15.1. The number of thioether (sulfide) groups is 1. The number of rotatable bonds is 6. The van der Waals surface area contributed by atoms with E-state index >= 15 is 0 Å². The van der Waals surface area contributed by atoms with Crippen molar-refractivity contribution >= 4 is 17.5 Å². The van der Waals surface area contributed by atoms with Crippen LogP contribution in [0.2, 0.25) is 0 Å². The van der Waals surface area contributed by atoms with Gasteiger partial charge < -0.3 is 0 Å². The van der Waals surface area contributed by atoms with Crippen LogP contribution in [0.3, 0.4) is 0 Å². The molecular formula is C15H28OS. The van der Waals surface area contributed by atoms with Crippen LogP contribution in [0, 0.1) is 16.2 Å². The molecule has 0 spiro atoms. The Kier molecular flexibility index (Phi) is 4.39. The SMILES string of the molecule is CCC1(C)CCC1(CC(C)(C)CSC)C(C)=O. The zero-order chi connectivity index (χ0) is 13.3. The van der Waals surface area contributed by atoms with Gasteiger partial charge in [0.25, 0.3) is 0 Å². The van der Waals surface area contributed by atoms with Crippen molar-refractivity contribution in [1.29, 1.82) is 0 Å². The van der Waals surface area contributed by atoms with Gasteiger partial charge in [0.15, 0.2) is 0 Å². The van der Waals surface area contributed by atoms with Gasteiger partial charge in [-0.15, -0.1) is 0 Å². The molecule has 1 aliphatic rings. The van der Waals surface area contributed by atoms with Gasteiger partial charge >= 0.3 is 0 Å². The van der Waals surface area contributed by atoms with Gasteiger partial charge in [-0.05, 0) is 55.4 Å². The number of ketones is 1. The van der Waals surface area contributed by atoms with Gasteiger partial charge in [0.2, 0.25) is 0 Å². The number of carbonyl (C=O) groups is 1. The topological polar surface area (TPSA) is 17.1 Å². The van der Waals surface area contributed by atoms with Crippen LogP contribution < -0.4 is 0 Å². The van der Waals surface area contributed by atoms with Crippen LogP contribution in [0.5, 0.6) is 0 Å². The number of hydrogen-bond donors (Lipinski definition) is 0. The standard InChI is InChI=1S/C15H28OS/c1-7-14(5)8-9-15(14,12(2)16)10-13(3,4)11-17-6/h7-11H2,1-6H3. The maximum Gasteiger partial charge on any atom is 0.136 e. The Hall–Kier alpha value is 0.0200. The van der Waals surface area contributed by atoms with Crippen LogP contribution >= 0.6 is 11.8 Å². The summed E-state index contributed by atoms with van der Waals surface area (Å²) >= 11 is 1.89. The van der Waals surface area contributed by atoms with E-state index < -0.39 is 0 Å². The van der Waals surface area contributed by atoms with Crippen LogP contribution in [0.4, 0.5) is 0 Å². The largest absolute Gasteiger partial charge is 0.299 e. The zero-order valence-corrected chi connectivity index (χ0v) is 13.2. The highest BCUT2D eigenvalue weighted by molar-refractivity contribution is 7.98. The Morgan fingerprint density at radius 2 is 1.94 bits per heavy atom. The molecule has 1 rings (SSSR count). The number of hydrogen-bond acceptors (Lipinski definition) is 2. The molecule has 1 fully saturated rings. The molecule has 1 saturated carbocycles. The van der Waals surface area contributed by atoms with Gasteiger partial charge in [0, 0.05) is 5.41 Å². The Labute approximate surface area is 111 Å². The van der Waals surface area contributed by atoms with E-state index in [9.17, 15) is 4.79 Å². The minimum Gasteiger partial charge on any atom is -0.299 e. The molecule has 2 atom stereocenters. The lowest BCUT2D eigenvalue weighted by atomic mass is 9.44. The molecule has 0 aliphatic heterocycles. The maximum atomic E-state index is 12.2. The van der Waals surface area contributed by atoms with Crippen LogP contribution in [0.25, 0.3) is 0 Å². The fourth-order valence-corrected chi connectivity index (χ4v) is 4.54. The minimum atomic E-state index is -0.0407. The normalized spacial score (nSPS) is 33.3. The van der Waals surface area contributed by atoms with Crippen molar-refractivity contribution < 1.29 is 4.79 Å². The lowest BCUT2D eigenvalue weighted by Gasteiger charge is -2.59. The molecule has 2 heteroatoms. The summed E-state index contributed by atoms with van der Waals surface area (Å²) in [5.41, 5.74) is 0.470. The van der Waals surface area contributed by atoms with Crippen LogP contribution in [-0.2, 0) is 4.79 Å². The molecule has 0 amide bonds. The molecule has 1 nitrogen and oxygen atoms in total. The van der Waals surface area contributed by atoms with Crippen molar-refractivity contribution in [3.8, 4) is 0 Å². The Morgan fingerprint density at radius 3 is 2.24 bits per heavy atom. The zero-order valence-electron chi connectivity index (χ0n) is 12.4. The summed E-state index contributed by atoms with van der Waals surface area (Å²) in [7, 11) is 0. The average Bonchev–Trinajstić information content (AvgIpc) is 2.22. The van der Waals surface area contributed by atoms with Crippen molar-refractivity contribution in [2.45, 2.75) is 60.3 Å². The molecular weight excluding hydrogens is 228 g/mol. The van der Waals surface area contributed by atoms with E-state index in [1.54, 1.807) is 0 Å². The highest BCUT2D eigenvalue weighted by atomic mass is 32.2. The highest BCUT2D eigenvalue weighted by Crippen LogP contribution is 2.63. The van der Waals surface area contributed by atoms with E-state index in [0.29, 0.717) is 5.78 Å². The first-order valence-electron chi connectivity index (χ1n) is 6.73. The summed E-state index contributed by atoms with van der Waals surface area (Å²) in [4.78, 5) is 12.2. The third kappa shape index (κ3) is 2.57. The van der Waals surface area contributed by atoms with Crippen molar-refractivity contribution in [2.24, 2.45) is 16.2 Å². The molecule has 0 heterocycles. The summed E-state index contributed by atoms with van der Waals surface area (Å²) in [5.74, 6) is 1.56. The molecule has 0 aromatic heterocycles. The van der Waals surface area contributed by atoms with Crippen molar-refractivity contribution in [3.05, 3.63) is 0 Å². The molecule has 0 aromatic carbocycles. The molecule has 100 valence electrons. The quantitative estimate of drug-likeness (QED) is 0.693. The molecule has 2 unspecified atom stereocenters. The predicted molar refractivity (Wildman–Crippen MR) is 77.5 cm³/mol. The summed E-state index contributed by atoms with van der Waals surface area (Å²) in [6.07, 6.45) is 6.66. The lowest BCUT2D eigenvalue weighted by molar-refractivity contribution is -0.155. The Morgan fingerprint density at radius 1 is 1.35 bits per heavy atom. The predicted octanol–water partition coefficient (Wildman–Crippen LogP) is 4.55. The lowest BCUT2D eigenvalue weighted by Crippen LogP contribution is -2.55. The molecule has 0 N–H and O–H groups in total. The summed E-state index contributed by atoms with van der Waals surface area (Å²) in [6, 6.07) is 0. The van der Waals surface area contributed by atoms with Crippen molar-refractivity contribution in [1.82, 2.24) is 0 Å². The molecule has 1 aliphatic carbocycles. The summed E-state index contributed by atoms with van der Waals surface area (Å²) in [6.45, 7) is 11.0. The molecule has 0 radical (unpaired) electrons. The van der Waals surface area contributed by atoms with Gasteiger partial charge in [-0.3, -0.25) is 4.79 Å². The van der Waals surface area contributed by atoms with E-state index in [2.05, 4.69) is 34.0 Å². The van der Waals surface area contributed by atoms with E-state index in [0.717, 1.165) is 25.0 Å². The van der Waals surface area contributed by atoms with Crippen LogP contribution in [-0.4, -0.2) is 17.8 Å². The third-order valence-corrected chi connectivity index (χ3v) is 6.10. The van der Waals surface area contributed by atoms with Gasteiger partial charge in [-0.25, -0.2) is 0 Å². The minimum absolute atomic E-state index is 0.0407. The molecule has 0 aromatic rings. The van der Waals surface area contributed by atoms with E-state index in [1.165, 1.54) is 6.42 Å². The van der Waals surface area contributed by atoms with Gasteiger partial charge in [-0.1, -0.05) is 27.7 Å². The Bertz CT molecular complexity index is 293. The van der Waals surface area contributed by atoms with Gasteiger partial charge in [0.1, 0.15) is 5.78 Å². The van der Waals surface area contributed by atoms with Crippen molar-refractivity contribution in [2.75, 3.05) is 12.0 Å². The second-order valence-electron chi connectivity index (χ2n) is 6.83. The molecule has 17 heavy (non-hydrogen) atoms. The average molecular weight is 256 g/mol. The first-order valence-corrected chi connectivity index (χ1v) is 8.12. The highest BCUT2D eigenvalue weighted by Gasteiger charge is 2.58. The van der Waals surface area contributed by atoms with E-state index in [4.69, 9.17) is 0 Å². The summed E-state index contributed by atoms with van der Waals surface area (Å²) in [5, 5.41) is 0. The fraction of sp³-hybridized carbons (Fsp3) is 0.933. The number of Topliss-reactive ketones (excluding diaryl/α,β-unsaturated/α-hetero) is 1. The smallest absolute Gasteiger partial charge is 0.136 e. The monoisotopic (exact) mass is 256 g/mol. The summed E-state index contributed by atoms with van der Waals surface area (Å²) < 4.78 is 0. The van der Waals surface area contributed by atoms with Gasteiger partial charge in [-0.2, -0.15) is 11.8 Å². The van der Waals surface area contributed by atoms with E-state index in [-0.39, 0.29) is 16.2 Å². The Balaban J connectivity index is 2.92. The van der Waals surface area contributed by atoms with Crippen LogP contribution in [0.1, 0.15) is 60.3 Å². The molecule has 0 saturated heterocycles. The maximum absolute atomic E-state index is 12.2. The second kappa shape index (κ2) is 4.95. The van der Waals surface area contributed by atoms with Crippen LogP contribution in [0.15, 0.2) is 0 Å². The second-order valence-corrected chi connectivity index (χ2v) is 7.69.